The molecule has 13 heteroatoms. The van der Waals surface area contributed by atoms with Crippen LogP contribution in [0.5, 0.6) is 0 Å². The summed E-state index contributed by atoms with van der Waals surface area (Å²) in [5.41, 5.74) is 0. The predicted octanol–water partition coefficient (Wildman–Crippen LogP) is 2.48. The van der Waals surface area contributed by atoms with Crippen molar-refractivity contribution in [3.8, 4) is 0 Å². The van der Waals surface area contributed by atoms with Gasteiger partial charge in [-0.05, 0) is 38.1 Å². The van der Waals surface area contributed by atoms with Gasteiger partial charge in [-0.3, -0.25) is 24.0 Å². The number of rotatable bonds is 31. The van der Waals surface area contributed by atoms with Gasteiger partial charge in [0.05, 0.1) is 39.0 Å². The lowest BCUT2D eigenvalue weighted by atomic mass is 9.95. The number of hydrogen-bond acceptors (Lipinski definition) is 10. The van der Waals surface area contributed by atoms with Crippen LogP contribution in [0.3, 0.4) is 0 Å². The van der Waals surface area contributed by atoms with Crippen LogP contribution >= 0.6 is 0 Å². The Balaban J connectivity index is 3.77. The summed E-state index contributed by atoms with van der Waals surface area (Å²) >= 11 is 0. The average molecular weight is 633 g/mol. The molecule has 0 saturated heterocycles. The van der Waals surface area contributed by atoms with Crippen molar-refractivity contribution < 1.29 is 53.1 Å². The van der Waals surface area contributed by atoms with Crippen molar-refractivity contribution in [3.63, 3.8) is 0 Å². The molecule has 0 rings (SSSR count). The summed E-state index contributed by atoms with van der Waals surface area (Å²) < 4.78 is 21.3. The highest BCUT2D eigenvalue weighted by Crippen LogP contribution is 2.17. The van der Waals surface area contributed by atoms with Crippen molar-refractivity contribution in [2.75, 3.05) is 65.9 Å². The van der Waals surface area contributed by atoms with Crippen LogP contribution in [0.1, 0.15) is 79.1 Å². The summed E-state index contributed by atoms with van der Waals surface area (Å²) in [5.74, 6) is -2.50. The maximum absolute atomic E-state index is 12.1. The van der Waals surface area contributed by atoms with Crippen LogP contribution in [-0.2, 0) is 42.9 Å². The van der Waals surface area contributed by atoms with E-state index in [1.54, 1.807) is 0 Å². The van der Waals surface area contributed by atoms with E-state index in [9.17, 15) is 34.2 Å². The van der Waals surface area contributed by atoms with Gasteiger partial charge >= 0.3 is 11.9 Å². The minimum absolute atomic E-state index is 0.0135. The molecule has 2 atom stereocenters. The van der Waals surface area contributed by atoms with Gasteiger partial charge in [-0.2, -0.15) is 0 Å². The van der Waals surface area contributed by atoms with Crippen molar-refractivity contribution in [1.82, 2.24) is 10.6 Å². The zero-order valence-electron chi connectivity index (χ0n) is 27.1. The Hall–Kier alpha value is -2.45. The first kappa shape index (κ1) is 41.5. The highest BCUT2D eigenvalue weighted by molar-refractivity contribution is 5.81. The fourth-order valence-electron chi connectivity index (χ4n) is 3.89. The van der Waals surface area contributed by atoms with Crippen molar-refractivity contribution in [3.05, 3.63) is 0 Å². The van der Waals surface area contributed by atoms with Gasteiger partial charge in [0, 0.05) is 31.9 Å². The van der Waals surface area contributed by atoms with E-state index in [0.29, 0.717) is 70.8 Å². The number of carbonyl (C=O) groups excluding carboxylic acids is 3. The van der Waals surface area contributed by atoms with Crippen LogP contribution in [0.4, 0.5) is 0 Å². The van der Waals surface area contributed by atoms with Gasteiger partial charge in [-0.25, -0.2) is 0 Å². The third-order valence-corrected chi connectivity index (χ3v) is 6.64. The molecule has 0 aliphatic rings. The number of carboxylic acid groups (broad SMARTS) is 2. The Kier molecular flexibility index (Phi) is 25.4. The lowest BCUT2D eigenvalue weighted by molar-refractivity contribution is -0.143. The molecule has 4 N–H and O–H groups in total. The van der Waals surface area contributed by atoms with E-state index >= 15 is 0 Å². The quantitative estimate of drug-likeness (QED) is 0.0819. The molecule has 0 saturated carbocycles. The standard InChI is InChI=1S/C31H56N2O11/c1-23(2)20-33-27(31(39)40)10-6-5-8-25(30(37)38)11-12-29(36)32-13-15-42-17-18-43-21-26(34)9-7-14-41-16-19-44-22-28(35)24(3)4/h23-25,27,33H,5-22H2,1-4H3,(H,32,36)(H,37,38)(H,39,40). The molecule has 0 fully saturated rings. The fraction of sp³-hybridized carbons (Fsp3) is 0.839. The summed E-state index contributed by atoms with van der Waals surface area (Å²) in [6.45, 7) is 10.5. The van der Waals surface area contributed by atoms with E-state index in [1.165, 1.54) is 0 Å². The number of carbonyl (C=O) groups is 5. The summed E-state index contributed by atoms with van der Waals surface area (Å²) in [5, 5.41) is 24.5. The lowest BCUT2D eigenvalue weighted by Crippen LogP contribution is -2.38. The number of aliphatic carboxylic acids is 2. The second kappa shape index (κ2) is 26.9. The van der Waals surface area contributed by atoms with Crippen LogP contribution in [0.15, 0.2) is 0 Å². The summed E-state index contributed by atoms with van der Waals surface area (Å²) in [6, 6.07) is -0.648. The Morgan fingerprint density at radius 1 is 0.659 bits per heavy atom. The van der Waals surface area contributed by atoms with Crippen molar-refractivity contribution in [1.29, 1.82) is 0 Å². The van der Waals surface area contributed by atoms with E-state index < -0.39 is 23.9 Å². The Morgan fingerprint density at radius 2 is 1.27 bits per heavy atom. The molecule has 0 aliphatic heterocycles. The van der Waals surface area contributed by atoms with Gasteiger partial charge in [0.25, 0.3) is 0 Å². The second-order valence-electron chi connectivity index (χ2n) is 11.5. The molecule has 0 radical (unpaired) electrons. The first-order valence-electron chi connectivity index (χ1n) is 15.7. The van der Waals surface area contributed by atoms with Gasteiger partial charge < -0.3 is 39.8 Å². The second-order valence-corrected chi connectivity index (χ2v) is 11.5. The zero-order chi connectivity index (χ0) is 33.2. The molecule has 44 heavy (non-hydrogen) atoms. The van der Waals surface area contributed by atoms with E-state index in [-0.39, 0.29) is 75.8 Å². The highest BCUT2D eigenvalue weighted by atomic mass is 16.5. The number of unbranched alkanes of at least 4 members (excludes halogenated alkanes) is 1. The first-order chi connectivity index (χ1) is 20.9. The van der Waals surface area contributed by atoms with Crippen LogP contribution in [-0.4, -0.2) is 112 Å². The number of ether oxygens (including phenoxy) is 4. The summed E-state index contributed by atoms with van der Waals surface area (Å²) in [7, 11) is 0. The molecule has 0 aliphatic carbocycles. The van der Waals surface area contributed by atoms with Crippen molar-refractivity contribution in [2.45, 2.75) is 85.1 Å². The molecule has 0 spiro atoms. The summed E-state index contributed by atoms with van der Waals surface area (Å²) in [6.07, 6.45) is 3.16. The molecule has 0 aromatic carbocycles. The number of ketones is 2. The highest BCUT2D eigenvalue weighted by Gasteiger charge is 2.20. The molecular formula is C31H56N2O11. The minimum Gasteiger partial charge on any atom is -0.481 e. The average Bonchev–Trinajstić information content (AvgIpc) is 2.95. The molecule has 13 nitrogen and oxygen atoms in total. The monoisotopic (exact) mass is 632 g/mol. The molecule has 256 valence electrons. The maximum Gasteiger partial charge on any atom is 0.320 e. The Labute approximate surface area is 262 Å². The Morgan fingerprint density at radius 3 is 1.89 bits per heavy atom. The van der Waals surface area contributed by atoms with Gasteiger partial charge in [-0.15, -0.1) is 0 Å². The van der Waals surface area contributed by atoms with E-state index in [0.717, 1.165) is 0 Å². The molecule has 0 bridgehead atoms. The fourth-order valence-corrected chi connectivity index (χ4v) is 3.89. The topological polar surface area (TPSA) is 187 Å². The predicted molar refractivity (Wildman–Crippen MR) is 163 cm³/mol. The first-order valence-corrected chi connectivity index (χ1v) is 15.7. The normalized spacial score (nSPS) is 12.8. The van der Waals surface area contributed by atoms with Crippen LogP contribution in [0.25, 0.3) is 0 Å². The number of amides is 1. The molecule has 0 aromatic heterocycles. The van der Waals surface area contributed by atoms with Gasteiger partial charge in [-0.1, -0.05) is 40.5 Å². The Bertz CT molecular complexity index is 820. The largest absolute Gasteiger partial charge is 0.481 e. The number of Topliss-reactive ketones (excluding diaryl/α,β-unsaturated/α-hetero) is 2. The molecule has 2 unspecified atom stereocenters. The van der Waals surface area contributed by atoms with Crippen LogP contribution in [0.2, 0.25) is 0 Å². The van der Waals surface area contributed by atoms with E-state index in [2.05, 4.69) is 10.6 Å². The molecule has 0 aromatic rings. The minimum atomic E-state index is -0.960. The summed E-state index contributed by atoms with van der Waals surface area (Å²) in [4.78, 5) is 58.3. The maximum atomic E-state index is 12.1. The third-order valence-electron chi connectivity index (χ3n) is 6.64. The molecule has 1 amide bonds. The van der Waals surface area contributed by atoms with E-state index in [4.69, 9.17) is 18.9 Å². The van der Waals surface area contributed by atoms with Crippen molar-refractivity contribution >= 4 is 29.4 Å². The van der Waals surface area contributed by atoms with Crippen LogP contribution < -0.4 is 10.6 Å². The number of carboxylic acids is 2. The van der Waals surface area contributed by atoms with Crippen molar-refractivity contribution in [2.24, 2.45) is 17.8 Å². The molecule has 0 heterocycles. The van der Waals surface area contributed by atoms with E-state index in [1.807, 2.05) is 27.7 Å². The smallest absolute Gasteiger partial charge is 0.320 e. The number of hydrogen-bond donors (Lipinski definition) is 4. The third kappa shape index (κ3) is 24.9. The van der Waals surface area contributed by atoms with Gasteiger partial charge in [0.15, 0.2) is 11.6 Å². The van der Waals surface area contributed by atoms with Gasteiger partial charge in [0.2, 0.25) is 5.91 Å². The lowest BCUT2D eigenvalue weighted by Gasteiger charge is -2.17. The zero-order valence-corrected chi connectivity index (χ0v) is 27.1. The van der Waals surface area contributed by atoms with Gasteiger partial charge in [0.1, 0.15) is 19.3 Å². The number of nitrogens with one attached hydrogen (secondary N) is 2. The molecular weight excluding hydrogens is 576 g/mol. The van der Waals surface area contributed by atoms with Crippen LogP contribution in [0, 0.1) is 17.8 Å². The SMILES string of the molecule is CC(C)CNC(CCCCC(CCC(=O)NCCOCCOCC(=O)CCCOCCOCC(=O)C(C)C)C(=O)O)C(=O)O.